The van der Waals surface area contributed by atoms with E-state index in [0.717, 1.165) is 37.4 Å². The van der Waals surface area contributed by atoms with Crippen LogP contribution in [0.3, 0.4) is 0 Å². The first-order chi connectivity index (χ1) is 16.5. The maximum absolute atomic E-state index is 13.3. The lowest BCUT2D eigenvalue weighted by Crippen LogP contribution is -2.49. The van der Waals surface area contributed by atoms with Gasteiger partial charge in [-0.1, -0.05) is 6.92 Å². The number of hydrogen-bond donors (Lipinski definition) is 1. The van der Waals surface area contributed by atoms with E-state index in [1.165, 1.54) is 0 Å². The van der Waals surface area contributed by atoms with E-state index in [1.54, 1.807) is 44.4 Å². The van der Waals surface area contributed by atoms with Crippen LogP contribution in [0.5, 0.6) is 5.75 Å². The molecule has 2 aromatic rings. The highest BCUT2D eigenvalue weighted by Gasteiger charge is 2.28. The fourth-order valence-electron chi connectivity index (χ4n) is 4.47. The molecule has 34 heavy (non-hydrogen) atoms. The summed E-state index contributed by atoms with van der Waals surface area (Å²) in [6, 6.07) is 12.7. The predicted octanol–water partition coefficient (Wildman–Crippen LogP) is 3.24. The lowest BCUT2D eigenvalue weighted by Gasteiger charge is -2.37. The van der Waals surface area contributed by atoms with Crippen molar-refractivity contribution < 1.29 is 19.1 Å². The second-order valence-electron chi connectivity index (χ2n) is 8.64. The number of piperazine rings is 1. The molecule has 3 amide bonds. The minimum Gasteiger partial charge on any atom is -0.497 e. The molecule has 0 aromatic heterocycles. The molecule has 2 fully saturated rings. The third kappa shape index (κ3) is 5.16. The van der Waals surface area contributed by atoms with Gasteiger partial charge < -0.3 is 24.8 Å². The molecule has 8 heteroatoms. The van der Waals surface area contributed by atoms with Crippen LogP contribution in [0.1, 0.15) is 46.9 Å². The molecular weight excluding hydrogens is 432 g/mol. The van der Waals surface area contributed by atoms with E-state index < -0.39 is 0 Å². The Kier molecular flexibility index (Phi) is 7.35. The van der Waals surface area contributed by atoms with Crippen LogP contribution in [0.15, 0.2) is 42.5 Å². The third-order valence-electron chi connectivity index (χ3n) is 6.47. The molecule has 0 spiro atoms. The number of anilines is 2. The monoisotopic (exact) mass is 464 g/mol. The van der Waals surface area contributed by atoms with Gasteiger partial charge in [0, 0.05) is 62.6 Å². The largest absolute Gasteiger partial charge is 0.497 e. The van der Waals surface area contributed by atoms with Gasteiger partial charge in [-0.15, -0.1) is 0 Å². The lowest BCUT2D eigenvalue weighted by atomic mass is 10.1. The summed E-state index contributed by atoms with van der Waals surface area (Å²) in [5.41, 5.74) is 2.72. The Morgan fingerprint density at radius 1 is 0.853 bits per heavy atom. The molecule has 0 bridgehead atoms. The van der Waals surface area contributed by atoms with Crippen molar-refractivity contribution in [2.45, 2.75) is 26.2 Å². The van der Waals surface area contributed by atoms with E-state index in [9.17, 15) is 14.4 Å². The Morgan fingerprint density at radius 3 is 2.12 bits per heavy atom. The third-order valence-corrected chi connectivity index (χ3v) is 6.47. The van der Waals surface area contributed by atoms with Crippen LogP contribution in [0.25, 0.3) is 0 Å². The van der Waals surface area contributed by atoms with Gasteiger partial charge in [0.25, 0.3) is 11.8 Å². The first-order valence-electron chi connectivity index (χ1n) is 11.9. The summed E-state index contributed by atoms with van der Waals surface area (Å²) in [6.07, 6.45) is 2.40. The van der Waals surface area contributed by atoms with Crippen molar-refractivity contribution in [3.8, 4) is 5.75 Å². The summed E-state index contributed by atoms with van der Waals surface area (Å²) in [5, 5.41) is 2.87. The molecule has 0 radical (unpaired) electrons. The highest BCUT2D eigenvalue weighted by molar-refractivity contribution is 6.02. The smallest absolute Gasteiger partial charge is 0.256 e. The van der Waals surface area contributed by atoms with Gasteiger partial charge in [0.15, 0.2) is 0 Å². The van der Waals surface area contributed by atoms with Crippen molar-refractivity contribution >= 4 is 29.1 Å². The minimum absolute atomic E-state index is 0.00293. The second kappa shape index (κ2) is 10.6. The van der Waals surface area contributed by atoms with E-state index in [2.05, 4.69) is 10.2 Å². The summed E-state index contributed by atoms with van der Waals surface area (Å²) in [7, 11) is 1.60. The van der Waals surface area contributed by atoms with Gasteiger partial charge in [-0.05, 0) is 55.3 Å². The van der Waals surface area contributed by atoms with Gasteiger partial charge in [-0.25, -0.2) is 0 Å². The van der Waals surface area contributed by atoms with E-state index in [1.807, 2.05) is 21.9 Å². The Morgan fingerprint density at radius 2 is 1.50 bits per heavy atom. The molecule has 2 aromatic carbocycles. The number of methoxy groups -OCH3 is 1. The molecule has 4 rings (SSSR count). The highest BCUT2D eigenvalue weighted by atomic mass is 16.5. The van der Waals surface area contributed by atoms with Crippen LogP contribution < -0.4 is 15.0 Å². The summed E-state index contributed by atoms with van der Waals surface area (Å²) in [6.45, 7) is 5.70. The molecule has 2 saturated heterocycles. The Labute approximate surface area is 200 Å². The quantitative estimate of drug-likeness (QED) is 0.710. The minimum atomic E-state index is -0.0852. The Bertz CT molecular complexity index is 1040. The van der Waals surface area contributed by atoms with Gasteiger partial charge in [-0.3, -0.25) is 14.4 Å². The summed E-state index contributed by atoms with van der Waals surface area (Å²) >= 11 is 0. The molecule has 2 heterocycles. The van der Waals surface area contributed by atoms with Gasteiger partial charge in [-0.2, -0.15) is 0 Å². The van der Waals surface area contributed by atoms with E-state index >= 15 is 0 Å². The van der Waals surface area contributed by atoms with Crippen LogP contribution in [-0.4, -0.2) is 73.9 Å². The van der Waals surface area contributed by atoms with Crippen LogP contribution >= 0.6 is 0 Å². The number of rotatable bonds is 6. The summed E-state index contributed by atoms with van der Waals surface area (Å²) in [5.74, 6) is 0.623. The first kappa shape index (κ1) is 23.6. The number of carbonyl (C=O) groups is 3. The SMILES string of the molecule is CCC(=O)Nc1ccc(N2CCN(C(=O)c3ccc(OC)cc3)CC2)c(C(=O)N2CCCC2)c1. The van der Waals surface area contributed by atoms with Crippen LogP contribution in [0.2, 0.25) is 0 Å². The highest BCUT2D eigenvalue weighted by Crippen LogP contribution is 2.28. The molecule has 0 atom stereocenters. The van der Waals surface area contributed by atoms with Gasteiger partial charge in [0.1, 0.15) is 5.75 Å². The van der Waals surface area contributed by atoms with Crippen molar-refractivity contribution in [1.82, 2.24) is 9.80 Å². The molecule has 2 aliphatic rings. The summed E-state index contributed by atoms with van der Waals surface area (Å²) in [4.78, 5) is 44.1. The maximum atomic E-state index is 13.3. The average Bonchev–Trinajstić information content (AvgIpc) is 3.43. The lowest BCUT2D eigenvalue weighted by molar-refractivity contribution is -0.115. The van der Waals surface area contributed by atoms with Gasteiger partial charge >= 0.3 is 0 Å². The molecule has 2 aliphatic heterocycles. The normalized spacial score (nSPS) is 15.9. The topological polar surface area (TPSA) is 82.2 Å². The maximum Gasteiger partial charge on any atom is 0.256 e. The number of amides is 3. The van der Waals surface area contributed by atoms with Crippen molar-refractivity contribution in [3.05, 3.63) is 53.6 Å². The summed E-state index contributed by atoms with van der Waals surface area (Å²) < 4.78 is 5.17. The molecule has 8 nitrogen and oxygen atoms in total. The fourth-order valence-corrected chi connectivity index (χ4v) is 4.47. The zero-order valence-corrected chi connectivity index (χ0v) is 19.9. The fraction of sp³-hybridized carbons (Fsp3) is 0.423. The zero-order chi connectivity index (χ0) is 24.1. The van der Waals surface area contributed by atoms with Gasteiger partial charge in [0.2, 0.25) is 5.91 Å². The van der Waals surface area contributed by atoms with Crippen molar-refractivity contribution in [2.24, 2.45) is 0 Å². The molecule has 0 aliphatic carbocycles. The van der Waals surface area contributed by atoms with Crippen molar-refractivity contribution in [3.63, 3.8) is 0 Å². The standard InChI is InChI=1S/C26H32N4O4/c1-3-24(31)27-20-8-11-23(22(18-20)26(33)29-12-4-5-13-29)28-14-16-30(17-15-28)25(32)19-6-9-21(34-2)10-7-19/h6-11,18H,3-5,12-17H2,1-2H3,(H,27,31). The van der Waals surface area contributed by atoms with E-state index in [-0.39, 0.29) is 17.7 Å². The second-order valence-corrected chi connectivity index (χ2v) is 8.64. The van der Waals surface area contributed by atoms with E-state index in [4.69, 9.17) is 4.74 Å². The number of benzene rings is 2. The molecular formula is C26H32N4O4. The molecule has 0 unspecified atom stereocenters. The van der Waals surface area contributed by atoms with Crippen molar-refractivity contribution in [2.75, 3.05) is 56.6 Å². The number of carbonyl (C=O) groups excluding carboxylic acids is 3. The average molecular weight is 465 g/mol. The number of likely N-dealkylation sites (tertiary alicyclic amines) is 1. The van der Waals surface area contributed by atoms with E-state index in [0.29, 0.717) is 49.4 Å². The zero-order valence-electron chi connectivity index (χ0n) is 19.9. The molecule has 1 N–H and O–H groups in total. The Balaban J connectivity index is 1.50. The predicted molar refractivity (Wildman–Crippen MR) is 132 cm³/mol. The van der Waals surface area contributed by atoms with Crippen molar-refractivity contribution in [1.29, 1.82) is 0 Å². The van der Waals surface area contributed by atoms with Crippen LogP contribution in [0, 0.1) is 0 Å². The Hall–Kier alpha value is -3.55. The number of ether oxygens (including phenoxy) is 1. The molecule has 180 valence electrons. The molecule has 0 saturated carbocycles. The number of hydrogen-bond acceptors (Lipinski definition) is 5. The number of nitrogens with one attached hydrogen (secondary N) is 1. The number of nitrogens with zero attached hydrogens (tertiary/aromatic N) is 3. The van der Waals surface area contributed by atoms with Gasteiger partial charge in [0.05, 0.1) is 12.7 Å². The van der Waals surface area contributed by atoms with Crippen LogP contribution in [-0.2, 0) is 4.79 Å². The van der Waals surface area contributed by atoms with Crippen LogP contribution in [0.4, 0.5) is 11.4 Å². The first-order valence-corrected chi connectivity index (χ1v) is 11.9.